The molecule has 2 rings (SSSR count). The molecule has 1 aromatic carbocycles. The van der Waals surface area contributed by atoms with Gasteiger partial charge in [0.2, 0.25) is 0 Å². The normalized spacial score (nSPS) is 19.0. The number of nitrogens with zero attached hydrogens (tertiary/aromatic N) is 1. The van der Waals surface area contributed by atoms with Crippen LogP contribution in [0.5, 0.6) is 0 Å². The van der Waals surface area contributed by atoms with E-state index >= 15 is 0 Å². The smallest absolute Gasteiger partial charge is 0.399 e. The van der Waals surface area contributed by atoms with E-state index in [4.69, 9.17) is 9.31 Å². The highest BCUT2D eigenvalue weighted by Gasteiger charge is 2.51. The van der Waals surface area contributed by atoms with Gasteiger partial charge in [-0.25, -0.2) is 0 Å². The van der Waals surface area contributed by atoms with Gasteiger partial charge in [-0.2, -0.15) is 0 Å². The van der Waals surface area contributed by atoms with Crippen LogP contribution in [0.15, 0.2) is 18.2 Å². The number of benzene rings is 1. The maximum Gasteiger partial charge on any atom is 0.494 e. The molecule has 0 spiro atoms. The largest absolute Gasteiger partial charge is 0.494 e. The molecule has 0 unspecified atom stereocenters. The summed E-state index contributed by atoms with van der Waals surface area (Å²) in [5.41, 5.74) is 1.82. The number of carbonyl (C=O) groups excluding carboxylic acids is 1. The number of aryl methyl sites for hydroxylation is 1. The van der Waals surface area contributed by atoms with Crippen LogP contribution in [0, 0.1) is 6.92 Å². The Bertz CT molecular complexity index is 578. The molecule has 1 amide bonds. The lowest BCUT2D eigenvalue weighted by Crippen LogP contribution is -2.41. The monoisotopic (exact) mass is 317 g/mol. The van der Waals surface area contributed by atoms with Crippen molar-refractivity contribution in [2.45, 2.75) is 59.7 Å². The van der Waals surface area contributed by atoms with Crippen LogP contribution in [0.2, 0.25) is 0 Å². The zero-order valence-electron chi connectivity index (χ0n) is 15.4. The van der Waals surface area contributed by atoms with E-state index in [1.165, 1.54) is 0 Å². The van der Waals surface area contributed by atoms with Crippen molar-refractivity contribution < 1.29 is 14.1 Å². The average Bonchev–Trinajstić information content (AvgIpc) is 2.69. The van der Waals surface area contributed by atoms with E-state index < -0.39 is 7.12 Å². The van der Waals surface area contributed by atoms with Crippen LogP contribution >= 0.6 is 0 Å². The maximum absolute atomic E-state index is 12.7. The molecule has 126 valence electrons. The number of hydrogen-bond donors (Lipinski definition) is 0. The Balaban J connectivity index is 2.33. The van der Waals surface area contributed by atoms with Gasteiger partial charge in [-0.3, -0.25) is 4.79 Å². The topological polar surface area (TPSA) is 38.8 Å². The van der Waals surface area contributed by atoms with Crippen molar-refractivity contribution >= 4 is 18.5 Å². The molecule has 5 heteroatoms. The Morgan fingerprint density at radius 1 is 1.09 bits per heavy atom. The molecule has 1 heterocycles. The summed E-state index contributed by atoms with van der Waals surface area (Å²) < 4.78 is 12.2. The summed E-state index contributed by atoms with van der Waals surface area (Å²) >= 11 is 0. The molecule has 1 aromatic rings. The van der Waals surface area contributed by atoms with Crippen molar-refractivity contribution in [3.05, 3.63) is 29.3 Å². The third-order valence-corrected chi connectivity index (χ3v) is 5.07. The molecule has 0 aromatic heterocycles. The molecule has 23 heavy (non-hydrogen) atoms. The number of carbonyl (C=O) groups is 1. The molecule has 1 saturated heterocycles. The van der Waals surface area contributed by atoms with Crippen LogP contribution in [-0.4, -0.2) is 42.2 Å². The van der Waals surface area contributed by atoms with Crippen molar-refractivity contribution in [2.75, 3.05) is 13.1 Å². The summed E-state index contributed by atoms with van der Waals surface area (Å²) in [6, 6.07) is 5.87. The average molecular weight is 317 g/mol. The third kappa shape index (κ3) is 3.31. The first-order valence-electron chi connectivity index (χ1n) is 8.38. The Kier molecular flexibility index (Phi) is 4.93. The minimum atomic E-state index is -0.441. The molecule has 0 saturated carbocycles. The fourth-order valence-electron chi connectivity index (χ4n) is 2.68. The minimum absolute atomic E-state index is 0.0610. The molecule has 1 fully saturated rings. The van der Waals surface area contributed by atoms with Crippen LogP contribution < -0.4 is 5.46 Å². The molecule has 1 aliphatic rings. The summed E-state index contributed by atoms with van der Waals surface area (Å²) in [4.78, 5) is 14.5. The van der Waals surface area contributed by atoms with E-state index in [-0.39, 0.29) is 17.1 Å². The van der Waals surface area contributed by atoms with Gasteiger partial charge >= 0.3 is 7.12 Å². The minimum Gasteiger partial charge on any atom is -0.399 e. The Hall–Kier alpha value is -1.33. The second kappa shape index (κ2) is 6.29. The van der Waals surface area contributed by atoms with E-state index in [1.54, 1.807) is 0 Å². The summed E-state index contributed by atoms with van der Waals surface area (Å²) in [6.07, 6.45) is 0. The molecular formula is C18H28BNO3. The zero-order valence-corrected chi connectivity index (χ0v) is 15.4. The molecule has 0 bridgehead atoms. The van der Waals surface area contributed by atoms with E-state index in [2.05, 4.69) is 0 Å². The zero-order chi connectivity index (χ0) is 17.4. The number of rotatable bonds is 4. The SMILES string of the molecule is CCN(CC)C(=O)c1cc(B2OC(C)(C)C(C)(C)O2)ccc1C. The van der Waals surface area contributed by atoms with Gasteiger partial charge in [0, 0.05) is 18.7 Å². The fourth-order valence-corrected chi connectivity index (χ4v) is 2.68. The van der Waals surface area contributed by atoms with Gasteiger partial charge in [-0.1, -0.05) is 12.1 Å². The van der Waals surface area contributed by atoms with Gasteiger partial charge in [0.05, 0.1) is 11.2 Å². The van der Waals surface area contributed by atoms with Crippen LogP contribution in [-0.2, 0) is 9.31 Å². The van der Waals surface area contributed by atoms with Crippen LogP contribution in [0.4, 0.5) is 0 Å². The standard InChI is InChI=1S/C18H28BNO3/c1-8-20(9-2)16(21)15-12-14(11-10-13(15)3)19-22-17(4,5)18(6,7)23-19/h10-12H,8-9H2,1-7H3. The summed E-state index contributed by atoms with van der Waals surface area (Å²) in [7, 11) is -0.441. The molecular weight excluding hydrogens is 289 g/mol. The van der Waals surface area contributed by atoms with Gasteiger partial charge in [0.15, 0.2) is 0 Å². The molecule has 0 aliphatic carbocycles. The first-order chi connectivity index (χ1) is 10.6. The summed E-state index contributed by atoms with van der Waals surface area (Å²) in [6.45, 7) is 15.5. The molecule has 0 atom stereocenters. The molecule has 0 radical (unpaired) electrons. The van der Waals surface area contributed by atoms with E-state index in [0.717, 1.165) is 16.6 Å². The van der Waals surface area contributed by atoms with Crippen LogP contribution in [0.25, 0.3) is 0 Å². The third-order valence-electron chi connectivity index (χ3n) is 5.07. The van der Waals surface area contributed by atoms with Crippen molar-refractivity contribution in [1.82, 2.24) is 4.90 Å². The highest BCUT2D eigenvalue weighted by molar-refractivity contribution is 6.62. The molecule has 1 aliphatic heterocycles. The van der Waals surface area contributed by atoms with Crippen molar-refractivity contribution in [3.63, 3.8) is 0 Å². The van der Waals surface area contributed by atoms with Crippen molar-refractivity contribution in [3.8, 4) is 0 Å². The van der Waals surface area contributed by atoms with Gasteiger partial charge in [-0.05, 0) is 65.6 Å². The summed E-state index contributed by atoms with van der Waals surface area (Å²) in [5, 5.41) is 0. The lowest BCUT2D eigenvalue weighted by Gasteiger charge is -2.32. The number of amides is 1. The van der Waals surface area contributed by atoms with Gasteiger partial charge in [0.25, 0.3) is 5.91 Å². The number of hydrogen-bond acceptors (Lipinski definition) is 3. The first-order valence-corrected chi connectivity index (χ1v) is 8.38. The highest BCUT2D eigenvalue weighted by Crippen LogP contribution is 2.36. The highest BCUT2D eigenvalue weighted by atomic mass is 16.7. The van der Waals surface area contributed by atoms with Gasteiger partial charge in [0.1, 0.15) is 0 Å². The lowest BCUT2D eigenvalue weighted by atomic mass is 9.77. The fraction of sp³-hybridized carbons (Fsp3) is 0.611. The second-order valence-electron chi connectivity index (χ2n) is 7.14. The van der Waals surface area contributed by atoms with E-state index in [1.807, 2.05) is 71.6 Å². The van der Waals surface area contributed by atoms with Crippen LogP contribution in [0.1, 0.15) is 57.5 Å². The Morgan fingerprint density at radius 3 is 2.09 bits per heavy atom. The van der Waals surface area contributed by atoms with Crippen molar-refractivity contribution in [2.24, 2.45) is 0 Å². The first kappa shape index (κ1) is 18.0. The van der Waals surface area contributed by atoms with E-state index in [0.29, 0.717) is 13.1 Å². The van der Waals surface area contributed by atoms with Crippen LogP contribution in [0.3, 0.4) is 0 Å². The second-order valence-corrected chi connectivity index (χ2v) is 7.14. The van der Waals surface area contributed by atoms with E-state index in [9.17, 15) is 4.79 Å². The quantitative estimate of drug-likeness (QED) is 0.802. The van der Waals surface area contributed by atoms with Crippen molar-refractivity contribution in [1.29, 1.82) is 0 Å². The van der Waals surface area contributed by atoms with Gasteiger partial charge < -0.3 is 14.2 Å². The lowest BCUT2D eigenvalue weighted by molar-refractivity contribution is 0.00578. The Labute approximate surface area is 140 Å². The Morgan fingerprint density at radius 2 is 1.61 bits per heavy atom. The van der Waals surface area contributed by atoms with Gasteiger partial charge in [-0.15, -0.1) is 0 Å². The molecule has 0 N–H and O–H groups in total. The predicted octanol–water partition coefficient (Wildman–Crippen LogP) is 2.78. The molecule has 4 nitrogen and oxygen atoms in total. The maximum atomic E-state index is 12.7. The summed E-state index contributed by atoms with van der Waals surface area (Å²) in [5.74, 6) is 0.0610. The predicted molar refractivity (Wildman–Crippen MR) is 94.1 cm³/mol.